The molecular formula is C13H20N4O. The van der Waals surface area contributed by atoms with E-state index in [9.17, 15) is 4.79 Å². The Morgan fingerprint density at radius 3 is 2.78 bits per heavy atom. The lowest BCUT2D eigenvalue weighted by Gasteiger charge is -2.32. The quantitative estimate of drug-likeness (QED) is 0.791. The van der Waals surface area contributed by atoms with Crippen LogP contribution in [-0.4, -0.2) is 48.0 Å². The summed E-state index contributed by atoms with van der Waals surface area (Å²) in [4.78, 5) is 24.2. The maximum absolute atomic E-state index is 11.5. The van der Waals surface area contributed by atoms with Crippen LogP contribution in [0, 0.1) is 0 Å². The van der Waals surface area contributed by atoms with Crippen LogP contribution in [0.1, 0.15) is 31.4 Å². The summed E-state index contributed by atoms with van der Waals surface area (Å²) in [7, 11) is 3.94. The molecule has 5 heteroatoms. The number of amides is 1. The van der Waals surface area contributed by atoms with Gasteiger partial charge in [-0.1, -0.05) is 0 Å². The van der Waals surface area contributed by atoms with E-state index in [2.05, 4.69) is 9.97 Å². The number of nitrogens with zero attached hydrogens (tertiary/aromatic N) is 4. The Labute approximate surface area is 108 Å². The number of carbonyl (C=O) groups is 1. The fourth-order valence-electron chi connectivity index (χ4n) is 2.46. The zero-order valence-electron chi connectivity index (χ0n) is 11.3. The van der Waals surface area contributed by atoms with Gasteiger partial charge in [-0.25, -0.2) is 4.98 Å². The summed E-state index contributed by atoms with van der Waals surface area (Å²) in [6.07, 6.45) is 5.55. The minimum atomic E-state index is 0.148. The van der Waals surface area contributed by atoms with Crippen LogP contribution in [-0.2, 0) is 4.79 Å². The van der Waals surface area contributed by atoms with Crippen LogP contribution in [0.2, 0.25) is 0 Å². The predicted octanol–water partition coefficient (Wildman–Crippen LogP) is 1.27. The second-order valence-corrected chi connectivity index (χ2v) is 4.96. The molecule has 1 aliphatic rings. The predicted molar refractivity (Wildman–Crippen MR) is 70.6 cm³/mol. The van der Waals surface area contributed by atoms with Crippen molar-refractivity contribution in [3.05, 3.63) is 18.1 Å². The number of likely N-dealkylation sites (tertiary alicyclic amines) is 1. The van der Waals surface area contributed by atoms with E-state index < -0.39 is 0 Å². The van der Waals surface area contributed by atoms with E-state index in [0.717, 1.165) is 37.4 Å². The first-order valence-corrected chi connectivity index (χ1v) is 6.33. The number of carbonyl (C=O) groups excluding carboxylic acids is 1. The summed E-state index contributed by atoms with van der Waals surface area (Å²) in [5.74, 6) is 1.36. The maximum Gasteiger partial charge on any atom is 0.219 e. The molecule has 0 N–H and O–H groups in total. The smallest absolute Gasteiger partial charge is 0.219 e. The molecule has 5 nitrogen and oxygen atoms in total. The van der Waals surface area contributed by atoms with Gasteiger partial charge in [-0.2, -0.15) is 0 Å². The van der Waals surface area contributed by atoms with Crippen LogP contribution < -0.4 is 4.90 Å². The number of aromatic nitrogens is 2. The van der Waals surface area contributed by atoms with E-state index >= 15 is 0 Å². The average Bonchev–Trinajstić information content (AvgIpc) is 2.39. The fourth-order valence-corrected chi connectivity index (χ4v) is 2.46. The van der Waals surface area contributed by atoms with Crippen molar-refractivity contribution in [2.75, 3.05) is 32.1 Å². The molecule has 1 aliphatic heterocycles. The van der Waals surface area contributed by atoms with Gasteiger partial charge in [0.25, 0.3) is 0 Å². The second kappa shape index (κ2) is 5.33. The first kappa shape index (κ1) is 12.8. The average molecular weight is 248 g/mol. The van der Waals surface area contributed by atoms with E-state index in [1.807, 2.05) is 23.9 Å². The molecule has 0 radical (unpaired) electrons. The molecule has 1 aromatic heterocycles. The lowest BCUT2D eigenvalue weighted by molar-refractivity contribution is -0.130. The molecule has 1 atom stereocenters. The van der Waals surface area contributed by atoms with Crippen LogP contribution in [0.4, 0.5) is 5.82 Å². The van der Waals surface area contributed by atoms with Gasteiger partial charge in [0.05, 0.1) is 5.69 Å². The van der Waals surface area contributed by atoms with Crippen LogP contribution in [0.25, 0.3) is 0 Å². The summed E-state index contributed by atoms with van der Waals surface area (Å²) in [5.41, 5.74) is 1.01. The van der Waals surface area contributed by atoms with Gasteiger partial charge >= 0.3 is 0 Å². The summed E-state index contributed by atoms with van der Waals surface area (Å²) in [5, 5.41) is 0. The second-order valence-electron chi connectivity index (χ2n) is 4.96. The van der Waals surface area contributed by atoms with Crippen molar-refractivity contribution < 1.29 is 4.79 Å². The Balaban J connectivity index is 2.23. The molecule has 0 bridgehead atoms. The van der Waals surface area contributed by atoms with Gasteiger partial charge in [0, 0.05) is 52.4 Å². The first-order valence-electron chi connectivity index (χ1n) is 6.33. The van der Waals surface area contributed by atoms with Crippen LogP contribution in [0.5, 0.6) is 0 Å². The van der Waals surface area contributed by atoms with Gasteiger partial charge in [0.15, 0.2) is 0 Å². The number of hydrogen-bond donors (Lipinski definition) is 0. The molecule has 1 unspecified atom stereocenters. The molecule has 2 heterocycles. The standard InChI is InChI=1S/C13H20N4O/c1-10(18)17-8-4-5-11(9-17)12-13(16(2)3)15-7-6-14-12/h6-7,11H,4-5,8-9H2,1-3H3. The largest absolute Gasteiger partial charge is 0.361 e. The van der Waals surface area contributed by atoms with Gasteiger partial charge in [-0.3, -0.25) is 9.78 Å². The molecule has 0 aliphatic carbocycles. The summed E-state index contributed by atoms with van der Waals surface area (Å²) >= 11 is 0. The molecule has 98 valence electrons. The van der Waals surface area contributed by atoms with E-state index in [-0.39, 0.29) is 5.91 Å². The van der Waals surface area contributed by atoms with Gasteiger partial charge in [-0.15, -0.1) is 0 Å². The van der Waals surface area contributed by atoms with Crippen LogP contribution in [0.15, 0.2) is 12.4 Å². The lowest BCUT2D eigenvalue weighted by atomic mass is 9.94. The summed E-state index contributed by atoms with van der Waals surface area (Å²) in [6.45, 7) is 3.25. The molecule has 1 fully saturated rings. The zero-order valence-corrected chi connectivity index (χ0v) is 11.3. The van der Waals surface area contributed by atoms with Gasteiger partial charge < -0.3 is 9.80 Å². The molecule has 0 spiro atoms. The van der Waals surface area contributed by atoms with Crippen LogP contribution in [0.3, 0.4) is 0 Å². The van der Waals surface area contributed by atoms with Crippen molar-refractivity contribution in [2.45, 2.75) is 25.7 Å². The zero-order chi connectivity index (χ0) is 13.1. The van der Waals surface area contributed by atoms with Crippen molar-refractivity contribution >= 4 is 11.7 Å². The number of hydrogen-bond acceptors (Lipinski definition) is 4. The van der Waals surface area contributed by atoms with Crippen molar-refractivity contribution in [1.29, 1.82) is 0 Å². The van der Waals surface area contributed by atoms with Crippen LogP contribution >= 0.6 is 0 Å². The number of rotatable bonds is 2. The molecule has 2 rings (SSSR count). The topological polar surface area (TPSA) is 49.3 Å². The lowest BCUT2D eigenvalue weighted by Crippen LogP contribution is -2.38. The SMILES string of the molecule is CC(=O)N1CCCC(c2nccnc2N(C)C)C1. The number of anilines is 1. The van der Waals surface area contributed by atoms with E-state index in [4.69, 9.17) is 0 Å². The van der Waals surface area contributed by atoms with Crippen molar-refractivity contribution in [3.8, 4) is 0 Å². The highest BCUT2D eigenvalue weighted by Crippen LogP contribution is 2.30. The molecule has 1 amide bonds. The maximum atomic E-state index is 11.5. The molecular weight excluding hydrogens is 228 g/mol. The van der Waals surface area contributed by atoms with Crippen molar-refractivity contribution in [3.63, 3.8) is 0 Å². The Kier molecular flexibility index (Phi) is 3.79. The molecule has 0 aromatic carbocycles. The van der Waals surface area contributed by atoms with E-state index in [1.165, 1.54) is 0 Å². The molecule has 1 saturated heterocycles. The Morgan fingerprint density at radius 2 is 2.11 bits per heavy atom. The van der Waals surface area contributed by atoms with E-state index in [1.54, 1.807) is 19.3 Å². The van der Waals surface area contributed by atoms with Crippen molar-refractivity contribution in [2.24, 2.45) is 0 Å². The fraction of sp³-hybridized carbons (Fsp3) is 0.615. The highest BCUT2D eigenvalue weighted by Gasteiger charge is 2.26. The highest BCUT2D eigenvalue weighted by atomic mass is 16.2. The minimum Gasteiger partial charge on any atom is -0.361 e. The molecule has 1 aromatic rings. The summed E-state index contributed by atoms with van der Waals surface area (Å²) < 4.78 is 0. The van der Waals surface area contributed by atoms with E-state index in [0.29, 0.717) is 5.92 Å². The Hall–Kier alpha value is -1.65. The van der Waals surface area contributed by atoms with Crippen molar-refractivity contribution in [1.82, 2.24) is 14.9 Å². The highest BCUT2D eigenvalue weighted by molar-refractivity contribution is 5.73. The monoisotopic (exact) mass is 248 g/mol. The third kappa shape index (κ3) is 2.60. The first-order chi connectivity index (χ1) is 8.59. The Morgan fingerprint density at radius 1 is 1.39 bits per heavy atom. The third-order valence-corrected chi connectivity index (χ3v) is 3.38. The van der Waals surface area contributed by atoms with Gasteiger partial charge in [-0.05, 0) is 12.8 Å². The minimum absolute atomic E-state index is 0.148. The summed E-state index contributed by atoms with van der Waals surface area (Å²) in [6, 6.07) is 0. The Bertz CT molecular complexity index is 433. The number of piperidine rings is 1. The van der Waals surface area contributed by atoms with Gasteiger partial charge in [0.1, 0.15) is 5.82 Å². The van der Waals surface area contributed by atoms with Gasteiger partial charge in [0.2, 0.25) is 5.91 Å². The normalized spacial score (nSPS) is 19.7. The third-order valence-electron chi connectivity index (χ3n) is 3.38. The molecule has 18 heavy (non-hydrogen) atoms. The molecule has 0 saturated carbocycles.